The highest BCUT2D eigenvalue weighted by molar-refractivity contribution is 5.99. The summed E-state index contributed by atoms with van der Waals surface area (Å²) in [6.45, 7) is 2.69. The molecule has 2 unspecified atom stereocenters. The first-order valence-electron chi connectivity index (χ1n) is 6.69. The summed E-state index contributed by atoms with van der Waals surface area (Å²) in [5.41, 5.74) is 0.598. The molecule has 0 aliphatic carbocycles. The molecular weight excluding hydrogens is 288 g/mol. The maximum absolute atomic E-state index is 11.7. The normalized spacial score (nSPS) is 13.5. The van der Waals surface area contributed by atoms with E-state index in [9.17, 15) is 9.59 Å². The van der Waals surface area contributed by atoms with Crippen LogP contribution in [0, 0.1) is 0 Å². The summed E-state index contributed by atoms with van der Waals surface area (Å²) in [4.78, 5) is 23.4. The summed E-state index contributed by atoms with van der Waals surface area (Å²) in [5, 5.41) is 19.6. The average Bonchev–Trinajstić information content (AvgIpc) is 2.44. The summed E-state index contributed by atoms with van der Waals surface area (Å²) in [5.74, 6) is -1.26. The molecule has 2 N–H and O–H groups in total. The third-order valence-corrected chi connectivity index (χ3v) is 2.87. The Morgan fingerprint density at radius 3 is 1.50 bits per heavy atom. The lowest BCUT2D eigenvalue weighted by molar-refractivity contribution is -0.0535. The highest BCUT2D eigenvalue weighted by Gasteiger charge is 2.13. The van der Waals surface area contributed by atoms with Crippen LogP contribution in [0.2, 0.25) is 0 Å². The van der Waals surface area contributed by atoms with Gasteiger partial charge in [-0.05, 0) is 48.9 Å². The Bertz CT molecular complexity index is 644. The maximum Gasteiger partial charge on any atom is 0.340 e. The van der Waals surface area contributed by atoms with Gasteiger partial charge in [0.15, 0.2) is 12.6 Å². The number of benzene rings is 2. The summed E-state index contributed by atoms with van der Waals surface area (Å²) >= 11 is 0. The van der Waals surface area contributed by atoms with Crippen LogP contribution < -0.4 is 0 Å². The molecule has 0 bridgehead atoms. The molecule has 2 rings (SSSR count). The predicted molar refractivity (Wildman–Crippen MR) is 78.1 cm³/mol. The number of ether oxygens (including phenoxy) is 2. The highest BCUT2D eigenvalue weighted by Crippen LogP contribution is 2.19. The summed E-state index contributed by atoms with van der Waals surface area (Å²) in [6, 6.07) is 9.60. The van der Waals surface area contributed by atoms with E-state index in [1.54, 1.807) is 24.3 Å². The number of aliphatic hydroxyl groups is 2. The molecule has 2 aromatic rings. The maximum atomic E-state index is 11.7. The van der Waals surface area contributed by atoms with E-state index in [1.165, 1.54) is 26.0 Å². The minimum atomic E-state index is -1.18. The molecule has 116 valence electrons. The molecule has 0 aliphatic heterocycles. The zero-order valence-corrected chi connectivity index (χ0v) is 12.1. The van der Waals surface area contributed by atoms with Gasteiger partial charge in [-0.2, -0.15) is 0 Å². The second-order valence-corrected chi connectivity index (χ2v) is 4.79. The van der Waals surface area contributed by atoms with Gasteiger partial charge in [0.2, 0.25) is 0 Å². The molecule has 2 aromatic carbocycles. The van der Waals surface area contributed by atoms with Gasteiger partial charge < -0.3 is 19.7 Å². The number of aliphatic hydroxyl groups excluding tert-OH is 2. The third kappa shape index (κ3) is 3.81. The molecule has 0 spiro atoms. The van der Waals surface area contributed by atoms with E-state index >= 15 is 0 Å². The molecule has 0 saturated heterocycles. The molecule has 0 amide bonds. The van der Waals surface area contributed by atoms with Crippen molar-refractivity contribution in [2.24, 2.45) is 0 Å². The van der Waals surface area contributed by atoms with Crippen LogP contribution in [0.1, 0.15) is 34.6 Å². The van der Waals surface area contributed by atoms with Crippen LogP contribution in [-0.2, 0) is 9.47 Å². The van der Waals surface area contributed by atoms with Crippen LogP contribution in [0.5, 0.6) is 0 Å². The highest BCUT2D eigenvalue weighted by atomic mass is 16.6. The Kier molecular flexibility index (Phi) is 4.75. The van der Waals surface area contributed by atoms with Gasteiger partial charge in [0.25, 0.3) is 0 Å². The molecule has 0 aliphatic rings. The molecule has 2 atom stereocenters. The fourth-order valence-electron chi connectivity index (χ4n) is 1.95. The second-order valence-electron chi connectivity index (χ2n) is 4.79. The van der Waals surface area contributed by atoms with Crippen molar-refractivity contribution in [2.45, 2.75) is 26.4 Å². The minimum absolute atomic E-state index is 0.299. The Morgan fingerprint density at radius 1 is 0.818 bits per heavy atom. The second kappa shape index (κ2) is 6.55. The summed E-state index contributed by atoms with van der Waals surface area (Å²) < 4.78 is 9.41. The smallest absolute Gasteiger partial charge is 0.340 e. The van der Waals surface area contributed by atoms with Crippen molar-refractivity contribution in [3.63, 3.8) is 0 Å². The van der Waals surface area contributed by atoms with E-state index in [0.717, 1.165) is 10.8 Å². The Balaban J connectivity index is 2.29. The van der Waals surface area contributed by atoms with E-state index in [2.05, 4.69) is 0 Å². The van der Waals surface area contributed by atoms with Crippen molar-refractivity contribution >= 4 is 22.7 Å². The predicted octanol–water partition coefficient (Wildman–Crippen LogP) is 1.83. The lowest BCUT2D eigenvalue weighted by Crippen LogP contribution is -2.14. The minimum Gasteiger partial charge on any atom is -0.433 e. The van der Waals surface area contributed by atoms with E-state index in [-0.39, 0.29) is 0 Å². The fraction of sp³-hybridized carbons (Fsp3) is 0.250. The quantitative estimate of drug-likeness (QED) is 0.661. The Morgan fingerprint density at radius 2 is 1.18 bits per heavy atom. The van der Waals surface area contributed by atoms with Crippen LogP contribution in [0.25, 0.3) is 10.8 Å². The fourth-order valence-corrected chi connectivity index (χ4v) is 1.95. The number of fused-ring (bicyclic) bond motifs is 1. The molecule has 0 aromatic heterocycles. The topological polar surface area (TPSA) is 93.1 Å². The van der Waals surface area contributed by atoms with Gasteiger partial charge in [-0.3, -0.25) is 0 Å². The summed E-state index contributed by atoms with van der Waals surface area (Å²) in [7, 11) is 0. The SMILES string of the molecule is CC(O)OC(=O)c1ccc2cc(C(=O)OC(C)O)ccc2c1. The first-order valence-corrected chi connectivity index (χ1v) is 6.69. The van der Waals surface area contributed by atoms with Crippen LogP contribution in [0.15, 0.2) is 36.4 Å². The Hall–Kier alpha value is -2.44. The molecule has 6 heteroatoms. The zero-order chi connectivity index (χ0) is 16.3. The largest absolute Gasteiger partial charge is 0.433 e. The molecule has 22 heavy (non-hydrogen) atoms. The monoisotopic (exact) mass is 304 g/mol. The van der Waals surface area contributed by atoms with Crippen molar-refractivity contribution in [2.75, 3.05) is 0 Å². The van der Waals surface area contributed by atoms with E-state index in [1.807, 2.05) is 0 Å². The van der Waals surface area contributed by atoms with Crippen molar-refractivity contribution in [1.82, 2.24) is 0 Å². The molecule has 0 heterocycles. The van der Waals surface area contributed by atoms with Gasteiger partial charge >= 0.3 is 11.9 Å². The molecule has 0 saturated carbocycles. The standard InChI is InChI=1S/C16H16O6/c1-9(17)21-15(19)13-5-3-12-8-14(6-4-11(12)7-13)16(20)22-10(2)18/h3-10,17-18H,1-2H3. The number of esters is 2. The van der Waals surface area contributed by atoms with E-state index < -0.39 is 24.5 Å². The van der Waals surface area contributed by atoms with E-state index in [0.29, 0.717) is 11.1 Å². The molecular formula is C16H16O6. The van der Waals surface area contributed by atoms with Crippen molar-refractivity contribution in [1.29, 1.82) is 0 Å². The van der Waals surface area contributed by atoms with Crippen LogP contribution in [0.4, 0.5) is 0 Å². The van der Waals surface area contributed by atoms with Crippen molar-refractivity contribution in [3.8, 4) is 0 Å². The van der Waals surface area contributed by atoms with Gasteiger partial charge in [-0.25, -0.2) is 9.59 Å². The van der Waals surface area contributed by atoms with E-state index in [4.69, 9.17) is 19.7 Å². The van der Waals surface area contributed by atoms with Gasteiger partial charge in [-0.1, -0.05) is 12.1 Å². The van der Waals surface area contributed by atoms with Crippen LogP contribution in [-0.4, -0.2) is 34.7 Å². The van der Waals surface area contributed by atoms with Crippen LogP contribution >= 0.6 is 0 Å². The summed E-state index contributed by atoms with van der Waals surface area (Å²) in [6.07, 6.45) is -2.36. The van der Waals surface area contributed by atoms with Crippen LogP contribution in [0.3, 0.4) is 0 Å². The molecule has 0 radical (unpaired) electrons. The number of carbonyl (C=O) groups excluding carboxylic acids is 2. The van der Waals surface area contributed by atoms with Crippen molar-refractivity contribution < 1.29 is 29.3 Å². The number of carbonyl (C=O) groups is 2. The first-order chi connectivity index (χ1) is 10.4. The van der Waals surface area contributed by atoms with Gasteiger partial charge in [0.1, 0.15) is 0 Å². The average molecular weight is 304 g/mol. The molecule has 6 nitrogen and oxygen atoms in total. The number of hydrogen-bond acceptors (Lipinski definition) is 6. The Labute approximate surface area is 126 Å². The lowest BCUT2D eigenvalue weighted by Gasteiger charge is -2.09. The van der Waals surface area contributed by atoms with Crippen molar-refractivity contribution in [3.05, 3.63) is 47.5 Å². The van der Waals surface area contributed by atoms with Gasteiger partial charge in [-0.15, -0.1) is 0 Å². The number of rotatable bonds is 4. The lowest BCUT2D eigenvalue weighted by atomic mass is 10.0. The van der Waals surface area contributed by atoms with Gasteiger partial charge in [0.05, 0.1) is 11.1 Å². The molecule has 0 fully saturated rings. The zero-order valence-electron chi connectivity index (χ0n) is 12.1. The third-order valence-electron chi connectivity index (χ3n) is 2.87. The van der Waals surface area contributed by atoms with Gasteiger partial charge in [0, 0.05) is 0 Å². The number of hydrogen-bond donors (Lipinski definition) is 2. The first kappa shape index (κ1) is 15.9.